The molecule has 0 radical (unpaired) electrons. The average Bonchev–Trinajstić information content (AvgIpc) is 3.35. The first-order chi connectivity index (χ1) is 17.8. The van der Waals surface area contributed by atoms with E-state index in [0.717, 1.165) is 24.0 Å². The molecule has 2 heterocycles. The number of hydrogen-bond donors (Lipinski definition) is 1. The van der Waals surface area contributed by atoms with Crippen molar-refractivity contribution in [2.45, 2.75) is 12.4 Å². The van der Waals surface area contributed by atoms with Crippen molar-refractivity contribution in [1.29, 1.82) is 0 Å². The lowest BCUT2D eigenvalue weighted by Crippen LogP contribution is -2.15. The maximum atomic E-state index is 13.2. The largest absolute Gasteiger partial charge is 0.496 e. The van der Waals surface area contributed by atoms with E-state index in [1.54, 1.807) is 36.4 Å². The van der Waals surface area contributed by atoms with Crippen LogP contribution in [0.3, 0.4) is 0 Å². The SMILES string of the molecule is COc1ccccc1-c1cc(CS(=O)(=O)OC)ncc1C(=O)Nc1nnc(OCc2ccc(Cl)cc2)s1. The predicted octanol–water partition coefficient (Wildman–Crippen LogP) is 4.57. The zero-order chi connectivity index (χ0) is 26.4. The number of rotatable bonds is 10. The molecule has 0 bridgehead atoms. The molecule has 13 heteroatoms. The van der Waals surface area contributed by atoms with Crippen LogP contribution in [0.5, 0.6) is 10.9 Å². The Labute approximate surface area is 222 Å². The van der Waals surface area contributed by atoms with Crippen molar-refractivity contribution in [1.82, 2.24) is 15.2 Å². The molecule has 0 fully saturated rings. The third-order valence-electron chi connectivity index (χ3n) is 5.08. The van der Waals surface area contributed by atoms with Crippen molar-refractivity contribution in [3.63, 3.8) is 0 Å². The first kappa shape index (κ1) is 26.5. The summed E-state index contributed by atoms with van der Waals surface area (Å²) in [6.45, 7) is 0.257. The van der Waals surface area contributed by atoms with E-state index >= 15 is 0 Å². The maximum absolute atomic E-state index is 13.2. The molecule has 4 aromatic rings. The van der Waals surface area contributed by atoms with Gasteiger partial charge in [-0.25, -0.2) is 0 Å². The topological polar surface area (TPSA) is 130 Å². The summed E-state index contributed by atoms with van der Waals surface area (Å²) < 4.78 is 39.6. The minimum absolute atomic E-state index is 0.182. The van der Waals surface area contributed by atoms with Crippen molar-refractivity contribution in [2.24, 2.45) is 0 Å². The molecule has 10 nitrogen and oxygen atoms in total. The Morgan fingerprint density at radius 2 is 1.81 bits per heavy atom. The Balaban J connectivity index is 1.57. The van der Waals surface area contributed by atoms with Crippen molar-refractivity contribution in [2.75, 3.05) is 19.5 Å². The molecule has 0 spiro atoms. The van der Waals surface area contributed by atoms with Gasteiger partial charge in [0.15, 0.2) is 0 Å². The van der Waals surface area contributed by atoms with Gasteiger partial charge in [0, 0.05) is 22.3 Å². The Morgan fingerprint density at radius 1 is 1.05 bits per heavy atom. The van der Waals surface area contributed by atoms with Crippen LogP contribution in [0.25, 0.3) is 11.1 Å². The standard InChI is InChI=1S/C24H21ClN4O6S2/c1-33-21-6-4-3-5-18(21)19-11-17(14-37(31,32)34-2)26-12-20(19)22(30)27-23-28-29-24(36-23)35-13-15-7-9-16(25)10-8-15/h3-12H,13-14H2,1-2H3,(H,27,28,30). The van der Waals surface area contributed by atoms with Gasteiger partial charge in [-0.1, -0.05) is 47.0 Å². The quantitative estimate of drug-likeness (QED) is 0.277. The molecule has 0 atom stereocenters. The predicted molar refractivity (Wildman–Crippen MR) is 140 cm³/mol. The zero-order valence-electron chi connectivity index (χ0n) is 19.7. The zero-order valence-corrected chi connectivity index (χ0v) is 22.1. The van der Waals surface area contributed by atoms with Gasteiger partial charge in [0.25, 0.3) is 21.2 Å². The summed E-state index contributed by atoms with van der Waals surface area (Å²) in [5.41, 5.74) is 2.29. The van der Waals surface area contributed by atoms with Crippen LogP contribution in [0.1, 0.15) is 21.6 Å². The number of para-hydroxylation sites is 1. The summed E-state index contributed by atoms with van der Waals surface area (Å²) in [6.07, 6.45) is 1.30. The normalized spacial score (nSPS) is 11.2. The van der Waals surface area contributed by atoms with Gasteiger partial charge in [-0.3, -0.25) is 19.3 Å². The number of ether oxygens (including phenoxy) is 2. The van der Waals surface area contributed by atoms with E-state index in [1.807, 2.05) is 12.1 Å². The van der Waals surface area contributed by atoms with Gasteiger partial charge in [-0.15, -0.1) is 5.10 Å². The van der Waals surface area contributed by atoms with E-state index in [0.29, 0.717) is 21.9 Å². The van der Waals surface area contributed by atoms with Gasteiger partial charge in [0.05, 0.1) is 25.5 Å². The molecule has 0 aliphatic heterocycles. The van der Waals surface area contributed by atoms with Crippen molar-refractivity contribution >= 4 is 44.1 Å². The molecular weight excluding hydrogens is 540 g/mol. The molecule has 2 aromatic heterocycles. The van der Waals surface area contributed by atoms with Gasteiger partial charge in [-0.05, 0) is 41.2 Å². The molecule has 37 heavy (non-hydrogen) atoms. The summed E-state index contributed by atoms with van der Waals surface area (Å²) in [6, 6.07) is 15.8. The number of methoxy groups -OCH3 is 1. The lowest BCUT2D eigenvalue weighted by Gasteiger charge is -2.14. The van der Waals surface area contributed by atoms with Crippen LogP contribution < -0.4 is 14.8 Å². The number of aromatic nitrogens is 3. The van der Waals surface area contributed by atoms with Crippen molar-refractivity contribution in [3.8, 4) is 22.1 Å². The van der Waals surface area contributed by atoms with E-state index < -0.39 is 21.8 Å². The fraction of sp³-hybridized carbons (Fsp3) is 0.167. The molecule has 0 aliphatic carbocycles. The molecule has 4 rings (SSSR count). The number of pyridine rings is 1. The van der Waals surface area contributed by atoms with Crippen LogP contribution in [0.15, 0.2) is 60.8 Å². The van der Waals surface area contributed by atoms with Crippen LogP contribution in [0.4, 0.5) is 5.13 Å². The van der Waals surface area contributed by atoms with Crippen LogP contribution in [-0.2, 0) is 26.7 Å². The number of amides is 1. The van der Waals surface area contributed by atoms with E-state index in [-0.39, 0.29) is 28.2 Å². The van der Waals surface area contributed by atoms with Crippen LogP contribution in [0.2, 0.25) is 5.02 Å². The summed E-state index contributed by atoms with van der Waals surface area (Å²) >= 11 is 6.95. The number of halogens is 1. The number of carbonyl (C=O) groups excluding carboxylic acids is 1. The molecule has 1 amide bonds. The summed E-state index contributed by atoms with van der Waals surface area (Å²) in [5, 5.41) is 11.7. The molecule has 0 unspecified atom stereocenters. The fourth-order valence-electron chi connectivity index (χ4n) is 3.30. The lowest BCUT2D eigenvalue weighted by atomic mass is 9.99. The Morgan fingerprint density at radius 3 is 2.54 bits per heavy atom. The number of carbonyl (C=O) groups is 1. The monoisotopic (exact) mass is 560 g/mol. The molecule has 0 aliphatic rings. The highest BCUT2D eigenvalue weighted by molar-refractivity contribution is 7.85. The van der Waals surface area contributed by atoms with Crippen molar-refractivity contribution in [3.05, 3.63) is 82.6 Å². The van der Waals surface area contributed by atoms with E-state index in [9.17, 15) is 13.2 Å². The number of nitrogens with zero attached hydrogens (tertiary/aromatic N) is 3. The Hall–Kier alpha value is -3.58. The molecular formula is C24H21ClN4O6S2. The first-order valence-electron chi connectivity index (χ1n) is 10.7. The fourth-order valence-corrected chi connectivity index (χ4v) is 4.65. The van der Waals surface area contributed by atoms with Gasteiger partial charge in [0.2, 0.25) is 5.13 Å². The highest BCUT2D eigenvalue weighted by atomic mass is 35.5. The third-order valence-corrected chi connectivity index (χ3v) is 7.24. The summed E-state index contributed by atoms with van der Waals surface area (Å²) in [5.74, 6) is -0.481. The van der Waals surface area contributed by atoms with E-state index in [4.69, 9.17) is 21.1 Å². The van der Waals surface area contributed by atoms with Gasteiger partial charge in [0.1, 0.15) is 18.1 Å². The van der Waals surface area contributed by atoms with E-state index in [2.05, 4.69) is 24.7 Å². The smallest absolute Gasteiger partial charge is 0.296 e. The highest BCUT2D eigenvalue weighted by Gasteiger charge is 2.21. The number of benzene rings is 2. The Kier molecular flexibility index (Phi) is 8.34. The first-order valence-corrected chi connectivity index (χ1v) is 13.5. The second-order valence-corrected chi connectivity index (χ2v) is 10.6. The molecule has 2 aromatic carbocycles. The van der Waals surface area contributed by atoms with Gasteiger partial charge < -0.3 is 9.47 Å². The third kappa shape index (κ3) is 6.80. The highest BCUT2D eigenvalue weighted by Crippen LogP contribution is 2.33. The Bertz CT molecular complexity index is 1510. The minimum atomic E-state index is -3.83. The summed E-state index contributed by atoms with van der Waals surface area (Å²) in [7, 11) is -1.25. The molecule has 192 valence electrons. The minimum Gasteiger partial charge on any atom is -0.496 e. The van der Waals surface area contributed by atoms with Gasteiger partial charge in [-0.2, -0.15) is 8.42 Å². The average molecular weight is 561 g/mol. The van der Waals surface area contributed by atoms with Crippen LogP contribution in [0, 0.1) is 0 Å². The van der Waals surface area contributed by atoms with Crippen LogP contribution in [-0.4, -0.2) is 43.7 Å². The van der Waals surface area contributed by atoms with E-state index in [1.165, 1.54) is 19.4 Å². The van der Waals surface area contributed by atoms with Gasteiger partial charge >= 0.3 is 0 Å². The second-order valence-electron chi connectivity index (χ2n) is 7.53. The molecule has 0 saturated carbocycles. The maximum Gasteiger partial charge on any atom is 0.296 e. The number of anilines is 1. The van der Waals surface area contributed by atoms with Crippen LogP contribution >= 0.6 is 22.9 Å². The number of nitrogens with one attached hydrogen (secondary N) is 1. The summed E-state index contributed by atoms with van der Waals surface area (Å²) in [4.78, 5) is 17.4. The number of hydrogen-bond acceptors (Lipinski definition) is 10. The molecule has 1 N–H and O–H groups in total. The van der Waals surface area contributed by atoms with Crippen molar-refractivity contribution < 1.29 is 26.9 Å². The molecule has 0 saturated heterocycles. The second kappa shape index (κ2) is 11.6. The lowest BCUT2D eigenvalue weighted by molar-refractivity contribution is 0.102.